The molecule has 0 fully saturated rings. The van der Waals surface area contributed by atoms with Gasteiger partial charge in [0.2, 0.25) is 0 Å². The first-order valence-electron chi connectivity index (χ1n) is 8.54. The molecule has 0 aliphatic rings. The number of aryl methyl sites for hydroxylation is 1. The predicted molar refractivity (Wildman–Crippen MR) is 110 cm³/mol. The van der Waals surface area contributed by atoms with Gasteiger partial charge in [0.25, 0.3) is 5.91 Å². The van der Waals surface area contributed by atoms with Crippen LogP contribution in [0.2, 0.25) is 0 Å². The summed E-state index contributed by atoms with van der Waals surface area (Å²) in [6.45, 7) is 2.06. The molecular formula is C22H23N3O. The Morgan fingerprint density at radius 3 is 2.04 bits per heavy atom. The number of hydrogen-bond acceptors (Lipinski definition) is 3. The topological polar surface area (TPSA) is 44.4 Å². The van der Waals surface area contributed by atoms with E-state index in [1.807, 2.05) is 79.7 Å². The fourth-order valence-electron chi connectivity index (χ4n) is 2.60. The van der Waals surface area contributed by atoms with Gasteiger partial charge in [0, 0.05) is 31.0 Å². The van der Waals surface area contributed by atoms with Crippen LogP contribution in [0.3, 0.4) is 0 Å². The van der Waals surface area contributed by atoms with Crippen LogP contribution in [0, 0.1) is 6.92 Å². The second-order valence-electron chi connectivity index (χ2n) is 6.43. The lowest BCUT2D eigenvalue weighted by Gasteiger charge is -2.15. The van der Waals surface area contributed by atoms with Crippen LogP contribution in [-0.4, -0.2) is 20.0 Å². The lowest BCUT2D eigenvalue weighted by atomic mass is 10.1. The molecule has 0 spiro atoms. The van der Waals surface area contributed by atoms with Crippen LogP contribution in [0.1, 0.15) is 15.9 Å². The summed E-state index contributed by atoms with van der Waals surface area (Å²) in [5.41, 5.74) is 5.47. The highest BCUT2D eigenvalue weighted by molar-refractivity contribution is 6.06. The Labute approximate surface area is 154 Å². The van der Waals surface area contributed by atoms with E-state index in [4.69, 9.17) is 0 Å². The molecule has 26 heavy (non-hydrogen) atoms. The van der Waals surface area contributed by atoms with Crippen molar-refractivity contribution in [2.24, 2.45) is 0 Å². The van der Waals surface area contributed by atoms with Gasteiger partial charge in [-0.15, -0.1) is 0 Å². The van der Waals surface area contributed by atoms with Gasteiger partial charge in [-0.3, -0.25) is 4.79 Å². The smallest absolute Gasteiger partial charge is 0.255 e. The number of rotatable bonds is 5. The molecule has 1 amide bonds. The van der Waals surface area contributed by atoms with Gasteiger partial charge < -0.3 is 15.5 Å². The van der Waals surface area contributed by atoms with Crippen molar-refractivity contribution in [1.82, 2.24) is 0 Å². The van der Waals surface area contributed by atoms with Crippen LogP contribution in [0.25, 0.3) is 0 Å². The Morgan fingerprint density at radius 1 is 0.808 bits per heavy atom. The number of carbonyl (C=O) groups is 1. The molecule has 2 N–H and O–H groups in total. The molecule has 4 nitrogen and oxygen atoms in total. The molecular weight excluding hydrogens is 322 g/mol. The van der Waals surface area contributed by atoms with Crippen LogP contribution in [0.15, 0.2) is 72.8 Å². The predicted octanol–water partition coefficient (Wildman–Crippen LogP) is 5.06. The van der Waals surface area contributed by atoms with Gasteiger partial charge in [-0.2, -0.15) is 0 Å². The number of carbonyl (C=O) groups excluding carboxylic acids is 1. The second kappa shape index (κ2) is 7.74. The Morgan fingerprint density at radius 2 is 1.42 bits per heavy atom. The molecule has 4 heteroatoms. The number of amides is 1. The average molecular weight is 345 g/mol. The van der Waals surface area contributed by atoms with Crippen molar-refractivity contribution in [3.63, 3.8) is 0 Å². The van der Waals surface area contributed by atoms with Gasteiger partial charge >= 0.3 is 0 Å². The molecule has 0 unspecified atom stereocenters. The summed E-state index contributed by atoms with van der Waals surface area (Å²) in [5.74, 6) is -0.131. The molecule has 0 atom stereocenters. The van der Waals surface area contributed by atoms with Gasteiger partial charge in [-0.05, 0) is 55.5 Å². The maximum atomic E-state index is 12.6. The largest absolute Gasteiger partial charge is 0.378 e. The number of hydrogen-bond donors (Lipinski definition) is 2. The molecule has 0 aromatic heterocycles. The second-order valence-corrected chi connectivity index (χ2v) is 6.43. The first kappa shape index (κ1) is 17.5. The van der Waals surface area contributed by atoms with Crippen molar-refractivity contribution >= 4 is 28.7 Å². The normalized spacial score (nSPS) is 10.3. The van der Waals surface area contributed by atoms with Crippen molar-refractivity contribution in [2.45, 2.75) is 6.92 Å². The van der Waals surface area contributed by atoms with E-state index < -0.39 is 0 Å². The van der Waals surface area contributed by atoms with Gasteiger partial charge in [0.05, 0.1) is 11.4 Å². The highest BCUT2D eigenvalue weighted by Gasteiger charge is 2.09. The third kappa shape index (κ3) is 4.22. The molecule has 0 saturated heterocycles. The molecule has 132 valence electrons. The summed E-state index contributed by atoms with van der Waals surface area (Å²) in [6, 6.07) is 23.4. The molecule has 0 heterocycles. The first-order valence-corrected chi connectivity index (χ1v) is 8.54. The zero-order valence-corrected chi connectivity index (χ0v) is 15.3. The minimum Gasteiger partial charge on any atom is -0.378 e. The summed E-state index contributed by atoms with van der Waals surface area (Å²) in [7, 11) is 3.95. The molecule has 0 aliphatic heterocycles. The maximum absolute atomic E-state index is 12.6. The molecule has 0 saturated carbocycles. The third-order valence-electron chi connectivity index (χ3n) is 4.15. The molecule has 3 rings (SSSR count). The summed E-state index contributed by atoms with van der Waals surface area (Å²) >= 11 is 0. The quantitative estimate of drug-likeness (QED) is 0.679. The van der Waals surface area contributed by atoms with Crippen LogP contribution in [0.5, 0.6) is 0 Å². The van der Waals surface area contributed by atoms with E-state index in [1.54, 1.807) is 0 Å². The molecule has 0 radical (unpaired) electrons. The SMILES string of the molecule is Cc1ccc(Nc2ccccc2NC(=O)c2ccc(N(C)C)cc2)cc1. The lowest BCUT2D eigenvalue weighted by molar-refractivity contribution is 0.102. The standard InChI is InChI=1S/C22H23N3O/c1-16-8-12-18(13-9-16)23-20-6-4-5-7-21(20)24-22(26)17-10-14-19(15-11-17)25(2)3/h4-15,23H,1-3H3,(H,24,26). The molecule has 0 bridgehead atoms. The first-order chi connectivity index (χ1) is 12.5. The summed E-state index contributed by atoms with van der Waals surface area (Å²) in [4.78, 5) is 14.6. The summed E-state index contributed by atoms with van der Waals surface area (Å²) in [6.07, 6.45) is 0. The average Bonchev–Trinajstić information content (AvgIpc) is 2.65. The van der Waals surface area contributed by atoms with Crippen LogP contribution >= 0.6 is 0 Å². The minimum atomic E-state index is -0.131. The van der Waals surface area contributed by atoms with Crippen molar-refractivity contribution < 1.29 is 4.79 Å². The fraction of sp³-hybridized carbons (Fsp3) is 0.136. The highest BCUT2D eigenvalue weighted by Crippen LogP contribution is 2.26. The number of nitrogens with one attached hydrogen (secondary N) is 2. The van der Waals surface area contributed by atoms with Gasteiger partial charge in [0.15, 0.2) is 0 Å². The molecule has 0 aliphatic carbocycles. The zero-order chi connectivity index (χ0) is 18.5. The van der Waals surface area contributed by atoms with Crippen molar-refractivity contribution in [1.29, 1.82) is 0 Å². The Hall–Kier alpha value is -3.27. The fourth-order valence-corrected chi connectivity index (χ4v) is 2.60. The Kier molecular flexibility index (Phi) is 5.23. The summed E-state index contributed by atoms with van der Waals surface area (Å²) in [5, 5.41) is 6.35. The van der Waals surface area contributed by atoms with E-state index in [2.05, 4.69) is 29.7 Å². The van der Waals surface area contributed by atoms with Crippen molar-refractivity contribution in [3.8, 4) is 0 Å². The minimum absolute atomic E-state index is 0.131. The van der Waals surface area contributed by atoms with Gasteiger partial charge in [-0.1, -0.05) is 29.8 Å². The Balaban J connectivity index is 1.77. The van der Waals surface area contributed by atoms with Crippen LogP contribution in [-0.2, 0) is 0 Å². The molecule has 3 aromatic carbocycles. The van der Waals surface area contributed by atoms with E-state index in [0.717, 1.165) is 22.7 Å². The van der Waals surface area contributed by atoms with Crippen molar-refractivity contribution in [3.05, 3.63) is 83.9 Å². The third-order valence-corrected chi connectivity index (χ3v) is 4.15. The Bertz CT molecular complexity index is 884. The number of nitrogens with zero attached hydrogens (tertiary/aromatic N) is 1. The van der Waals surface area contributed by atoms with Crippen LogP contribution < -0.4 is 15.5 Å². The van der Waals surface area contributed by atoms with E-state index in [-0.39, 0.29) is 5.91 Å². The van der Waals surface area contributed by atoms with E-state index in [0.29, 0.717) is 5.56 Å². The van der Waals surface area contributed by atoms with E-state index >= 15 is 0 Å². The van der Waals surface area contributed by atoms with Crippen LogP contribution in [0.4, 0.5) is 22.7 Å². The highest BCUT2D eigenvalue weighted by atomic mass is 16.1. The molecule has 3 aromatic rings. The van der Waals surface area contributed by atoms with E-state index in [1.165, 1.54) is 5.56 Å². The van der Waals surface area contributed by atoms with Gasteiger partial charge in [0.1, 0.15) is 0 Å². The number of benzene rings is 3. The van der Waals surface area contributed by atoms with Gasteiger partial charge in [-0.25, -0.2) is 0 Å². The summed E-state index contributed by atoms with van der Waals surface area (Å²) < 4.78 is 0. The maximum Gasteiger partial charge on any atom is 0.255 e. The lowest BCUT2D eigenvalue weighted by Crippen LogP contribution is -2.14. The number of para-hydroxylation sites is 2. The van der Waals surface area contributed by atoms with E-state index in [9.17, 15) is 4.79 Å². The zero-order valence-electron chi connectivity index (χ0n) is 15.3. The monoisotopic (exact) mass is 345 g/mol. The van der Waals surface area contributed by atoms with Crippen molar-refractivity contribution in [2.75, 3.05) is 29.6 Å². The number of anilines is 4.